The number of aryl methyl sites for hydroxylation is 2. The van der Waals surface area contributed by atoms with E-state index < -0.39 is 10.0 Å². The molecule has 1 amide bonds. The standard InChI is InChI=1S/C26H24N2O3S/c1-19-9-14-22(15-10-19)28-32(30,31)23-16-11-20(12-17-23)13-18-26(29)27-25-8-4-6-21-5-2-3-7-24(21)25/h2-12,14-17,28H,13,18H2,1H3,(H,27,29). The predicted molar refractivity (Wildman–Crippen MR) is 129 cm³/mol. The number of anilines is 2. The Hall–Kier alpha value is -3.64. The van der Waals surface area contributed by atoms with Gasteiger partial charge >= 0.3 is 0 Å². The van der Waals surface area contributed by atoms with Crippen LogP contribution in [-0.2, 0) is 21.2 Å². The summed E-state index contributed by atoms with van der Waals surface area (Å²) in [7, 11) is -3.66. The molecule has 0 aliphatic heterocycles. The zero-order valence-corrected chi connectivity index (χ0v) is 18.5. The van der Waals surface area contributed by atoms with E-state index in [4.69, 9.17) is 0 Å². The number of nitrogens with one attached hydrogen (secondary N) is 2. The lowest BCUT2D eigenvalue weighted by Crippen LogP contribution is -2.13. The van der Waals surface area contributed by atoms with Gasteiger partial charge in [0.2, 0.25) is 5.91 Å². The van der Waals surface area contributed by atoms with Crippen LogP contribution in [0.15, 0.2) is 95.9 Å². The molecule has 0 radical (unpaired) electrons. The summed E-state index contributed by atoms with van der Waals surface area (Å²) < 4.78 is 27.8. The fraction of sp³-hybridized carbons (Fsp3) is 0.115. The van der Waals surface area contributed by atoms with E-state index in [-0.39, 0.29) is 10.8 Å². The summed E-state index contributed by atoms with van der Waals surface area (Å²) in [6.07, 6.45) is 0.819. The molecule has 0 saturated carbocycles. The van der Waals surface area contributed by atoms with Crippen molar-refractivity contribution < 1.29 is 13.2 Å². The quantitative estimate of drug-likeness (QED) is 0.394. The lowest BCUT2D eigenvalue weighted by Gasteiger charge is -2.10. The molecule has 0 saturated heterocycles. The number of fused-ring (bicyclic) bond motifs is 1. The number of sulfonamides is 1. The Morgan fingerprint density at radius 3 is 2.25 bits per heavy atom. The van der Waals surface area contributed by atoms with Crippen molar-refractivity contribution in [3.05, 3.63) is 102 Å². The smallest absolute Gasteiger partial charge is 0.261 e. The second kappa shape index (κ2) is 9.24. The van der Waals surface area contributed by atoms with Gasteiger partial charge in [0, 0.05) is 23.2 Å². The van der Waals surface area contributed by atoms with Crippen molar-refractivity contribution >= 4 is 38.1 Å². The van der Waals surface area contributed by atoms with Crippen LogP contribution in [0.2, 0.25) is 0 Å². The van der Waals surface area contributed by atoms with Gasteiger partial charge in [-0.3, -0.25) is 9.52 Å². The Labute approximate surface area is 188 Å². The first-order valence-corrected chi connectivity index (χ1v) is 11.9. The molecule has 0 aromatic heterocycles. The Kier molecular flexibility index (Phi) is 6.23. The van der Waals surface area contributed by atoms with E-state index in [9.17, 15) is 13.2 Å². The van der Waals surface area contributed by atoms with Crippen LogP contribution in [0.25, 0.3) is 10.8 Å². The molecule has 4 aromatic carbocycles. The minimum absolute atomic E-state index is 0.0842. The van der Waals surface area contributed by atoms with Gasteiger partial charge < -0.3 is 5.32 Å². The van der Waals surface area contributed by atoms with Crippen LogP contribution in [0.5, 0.6) is 0 Å². The topological polar surface area (TPSA) is 75.3 Å². The number of rotatable bonds is 7. The SMILES string of the molecule is Cc1ccc(NS(=O)(=O)c2ccc(CCC(=O)Nc3cccc4ccccc34)cc2)cc1. The zero-order valence-electron chi connectivity index (χ0n) is 17.7. The first-order chi connectivity index (χ1) is 15.4. The summed E-state index contributed by atoms with van der Waals surface area (Å²) in [5.41, 5.74) is 3.26. The van der Waals surface area contributed by atoms with Crippen LogP contribution in [0, 0.1) is 6.92 Å². The Bertz CT molecular complexity index is 1340. The molecule has 5 nitrogen and oxygen atoms in total. The molecule has 0 fully saturated rings. The van der Waals surface area contributed by atoms with Gasteiger partial charge in [-0.2, -0.15) is 0 Å². The summed E-state index contributed by atoms with van der Waals surface area (Å²) in [4.78, 5) is 12.6. The maximum absolute atomic E-state index is 12.6. The third-order valence-corrected chi connectivity index (χ3v) is 6.64. The molecule has 0 aliphatic carbocycles. The average molecular weight is 445 g/mol. The highest BCUT2D eigenvalue weighted by atomic mass is 32.2. The summed E-state index contributed by atoms with van der Waals surface area (Å²) in [6, 6.07) is 27.5. The lowest BCUT2D eigenvalue weighted by atomic mass is 10.1. The van der Waals surface area contributed by atoms with E-state index in [0.717, 1.165) is 27.6 Å². The van der Waals surface area contributed by atoms with Crippen LogP contribution in [0.3, 0.4) is 0 Å². The van der Waals surface area contributed by atoms with Gasteiger partial charge in [-0.15, -0.1) is 0 Å². The number of carbonyl (C=O) groups excluding carboxylic acids is 1. The van der Waals surface area contributed by atoms with Crippen molar-refractivity contribution in [3.63, 3.8) is 0 Å². The van der Waals surface area contributed by atoms with Gasteiger partial charge in [-0.1, -0.05) is 66.2 Å². The number of benzene rings is 4. The molecule has 0 aliphatic rings. The van der Waals surface area contributed by atoms with Crippen LogP contribution in [-0.4, -0.2) is 14.3 Å². The van der Waals surface area contributed by atoms with Crippen molar-refractivity contribution in [1.82, 2.24) is 0 Å². The number of amides is 1. The highest BCUT2D eigenvalue weighted by Gasteiger charge is 2.14. The second-order valence-corrected chi connectivity index (χ2v) is 9.37. The van der Waals surface area contributed by atoms with E-state index in [0.29, 0.717) is 18.5 Å². The Morgan fingerprint density at radius 1 is 0.812 bits per heavy atom. The fourth-order valence-electron chi connectivity index (χ4n) is 3.48. The normalized spacial score (nSPS) is 11.3. The van der Waals surface area contributed by atoms with Gasteiger partial charge in [0.25, 0.3) is 10.0 Å². The maximum Gasteiger partial charge on any atom is 0.261 e. The third-order valence-electron chi connectivity index (χ3n) is 5.24. The largest absolute Gasteiger partial charge is 0.326 e. The highest BCUT2D eigenvalue weighted by Crippen LogP contribution is 2.23. The first kappa shape index (κ1) is 21.6. The predicted octanol–water partition coefficient (Wildman–Crippen LogP) is 5.52. The summed E-state index contributed by atoms with van der Waals surface area (Å²) >= 11 is 0. The van der Waals surface area contributed by atoms with Crippen LogP contribution in [0.1, 0.15) is 17.5 Å². The Morgan fingerprint density at radius 2 is 1.50 bits per heavy atom. The molecule has 0 heterocycles. The van der Waals surface area contributed by atoms with Crippen molar-refractivity contribution in [1.29, 1.82) is 0 Å². The number of carbonyl (C=O) groups is 1. The average Bonchev–Trinajstić information content (AvgIpc) is 2.80. The van der Waals surface area contributed by atoms with Crippen LogP contribution in [0.4, 0.5) is 11.4 Å². The fourth-order valence-corrected chi connectivity index (χ4v) is 4.53. The van der Waals surface area contributed by atoms with Gasteiger partial charge in [0.1, 0.15) is 0 Å². The van der Waals surface area contributed by atoms with E-state index in [1.54, 1.807) is 36.4 Å². The number of hydrogen-bond donors (Lipinski definition) is 2. The van der Waals surface area contributed by atoms with E-state index in [2.05, 4.69) is 10.0 Å². The van der Waals surface area contributed by atoms with E-state index in [1.807, 2.05) is 61.5 Å². The molecular formula is C26H24N2O3S. The monoisotopic (exact) mass is 444 g/mol. The molecule has 4 aromatic rings. The van der Waals surface area contributed by atoms with Gasteiger partial charge in [-0.25, -0.2) is 8.42 Å². The Balaban J connectivity index is 1.37. The van der Waals surface area contributed by atoms with Gasteiger partial charge in [0.05, 0.1) is 4.90 Å². The highest BCUT2D eigenvalue weighted by molar-refractivity contribution is 7.92. The minimum Gasteiger partial charge on any atom is -0.326 e. The van der Waals surface area contributed by atoms with Crippen LogP contribution >= 0.6 is 0 Å². The van der Waals surface area contributed by atoms with Crippen LogP contribution < -0.4 is 10.0 Å². The summed E-state index contributed by atoms with van der Waals surface area (Å²) in [5.74, 6) is -0.0842. The third kappa shape index (κ3) is 5.15. The molecule has 6 heteroatoms. The molecule has 0 atom stereocenters. The van der Waals surface area contributed by atoms with Crippen molar-refractivity contribution in [2.75, 3.05) is 10.0 Å². The van der Waals surface area contributed by atoms with E-state index in [1.165, 1.54) is 0 Å². The summed E-state index contributed by atoms with van der Waals surface area (Å²) in [6.45, 7) is 1.94. The van der Waals surface area contributed by atoms with Crippen molar-refractivity contribution in [2.45, 2.75) is 24.7 Å². The van der Waals surface area contributed by atoms with Gasteiger partial charge in [-0.05, 0) is 54.6 Å². The lowest BCUT2D eigenvalue weighted by molar-refractivity contribution is -0.116. The molecule has 0 unspecified atom stereocenters. The number of hydrogen-bond acceptors (Lipinski definition) is 3. The molecule has 4 rings (SSSR count). The van der Waals surface area contributed by atoms with Gasteiger partial charge in [0.15, 0.2) is 0 Å². The maximum atomic E-state index is 12.6. The summed E-state index contributed by atoms with van der Waals surface area (Å²) in [5, 5.41) is 5.05. The van der Waals surface area contributed by atoms with Crippen molar-refractivity contribution in [2.24, 2.45) is 0 Å². The molecule has 162 valence electrons. The van der Waals surface area contributed by atoms with Crippen molar-refractivity contribution in [3.8, 4) is 0 Å². The second-order valence-electron chi connectivity index (χ2n) is 7.69. The first-order valence-electron chi connectivity index (χ1n) is 10.4. The zero-order chi connectivity index (χ0) is 22.6. The molecule has 0 bridgehead atoms. The molecule has 2 N–H and O–H groups in total. The van der Waals surface area contributed by atoms with E-state index >= 15 is 0 Å². The molecule has 0 spiro atoms. The minimum atomic E-state index is -3.66. The molecular weight excluding hydrogens is 420 g/mol. The molecule has 32 heavy (non-hydrogen) atoms.